The molecule has 1 aromatic carbocycles. The summed E-state index contributed by atoms with van der Waals surface area (Å²) in [5, 5.41) is 13.9. The lowest BCUT2D eigenvalue weighted by Crippen LogP contribution is -2.33. The van der Waals surface area contributed by atoms with Gasteiger partial charge in [-0.05, 0) is 36.5 Å². The Balaban J connectivity index is 1.81. The fourth-order valence-electron chi connectivity index (χ4n) is 3.66. The number of aldehydes is 1. The molecule has 0 aliphatic carbocycles. The van der Waals surface area contributed by atoms with Crippen LogP contribution in [0, 0.1) is 5.92 Å². The van der Waals surface area contributed by atoms with Crippen LogP contribution in [0.3, 0.4) is 0 Å². The van der Waals surface area contributed by atoms with Crippen LogP contribution in [0.4, 0.5) is 0 Å². The molecule has 0 bridgehead atoms. The van der Waals surface area contributed by atoms with Crippen LogP contribution >= 0.6 is 11.6 Å². The zero-order valence-electron chi connectivity index (χ0n) is 18.8. The first-order valence-corrected chi connectivity index (χ1v) is 12.7. The summed E-state index contributed by atoms with van der Waals surface area (Å²) in [5.41, 5.74) is 0.141. The number of tetrazole rings is 1. The van der Waals surface area contributed by atoms with Gasteiger partial charge in [0.25, 0.3) is 0 Å². The van der Waals surface area contributed by atoms with E-state index in [9.17, 15) is 13.2 Å². The van der Waals surface area contributed by atoms with Gasteiger partial charge in [0.15, 0.2) is 22.9 Å². The van der Waals surface area contributed by atoms with Crippen LogP contribution < -0.4 is 4.72 Å². The zero-order chi connectivity index (χ0) is 24.1. The van der Waals surface area contributed by atoms with E-state index in [4.69, 9.17) is 11.6 Å². The van der Waals surface area contributed by atoms with Gasteiger partial charge in [-0.2, -0.15) is 9.94 Å². The maximum absolute atomic E-state index is 13.0. The van der Waals surface area contributed by atoms with Gasteiger partial charge in [-0.25, -0.2) is 18.4 Å². The highest BCUT2D eigenvalue weighted by molar-refractivity contribution is 7.89. The highest BCUT2D eigenvalue weighted by Crippen LogP contribution is 2.32. The molecule has 1 aromatic heterocycles. The number of rotatable bonds is 12. The van der Waals surface area contributed by atoms with E-state index in [0.29, 0.717) is 25.0 Å². The molecule has 0 saturated heterocycles. The van der Waals surface area contributed by atoms with Crippen LogP contribution in [-0.2, 0) is 21.2 Å². The number of unbranched alkanes of at least 4 members (excludes halogenated alkanes) is 1. The van der Waals surface area contributed by atoms with Gasteiger partial charge in [0, 0.05) is 6.42 Å². The second kappa shape index (κ2) is 10.6. The van der Waals surface area contributed by atoms with Gasteiger partial charge in [0.2, 0.25) is 10.0 Å². The summed E-state index contributed by atoms with van der Waals surface area (Å²) < 4.78 is 28.8. The molecule has 2 unspecified atom stereocenters. The van der Waals surface area contributed by atoms with Crippen molar-refractivity contribution in [1.82, 2.24) is 25.3 Å². The minimum atomic E-state index is -3.83. The molecular weight excluding hydrogens is 466 g/mol. The number of aromatic amines is 1. The Labute approximate surface area is 198 Å². The molecule has 178 valence electrons. The minimum Gasteiger partial charge on any atom is -0.296 e. The number of H-pyrrole nitrogens is 1. The van der Waals surface area contributed by atoms with Crippen LogP contribution in [-0.4, -0.2) is 51.9 Å². The molecule has 0 spiro atoms. The monoisotopic (exact) mass is 493 g/mol. The van der Waals surface area contributed by atoms with E-state index in [0.717, 1.165) is 24.8 Å². The SMILES string of the molecule is CCCCC1(Cc2ccc(S(=O)(=O)N[C@H](c3nn[nH]n3)C(C)CC)cc2)N=C(Cl)C(C=O)=N1. The number of hydrogen-bond acceptors (Lipinski definition) is 8. The van der Waals surface area contributed by atoms with E-state index >= 15 is 0 Å². The number of carbonyl (C=O) groups excluding carboxylic acids is 1. The standard InChI is InChI=1S/C21H28ClN7O3S/c1-4-6-11-21(23-17(13-30)19(22)24-21)12-15-7-9-16(10-8-15)33(31,32)27-18(14(3)5-2)20-25-28-29-26-20/h7-10,13-14,18,27H,4-6,11-12H2,1-3H3,(H,25,26,28,29)/t14?,18-,21?/m0/s1. The van der Waals surface area contributed by atoms with Gasteiger partial charge >= 0.3 is 0 Å². The quantitative estimate of drug-likeness (QED) is 0.435. The number of hydrogen-bond donors (Lipinski definition) is 2. The van der Waals surface area contributed by atoms with Crippen molar-refractivity contribution in [3.05, 3.63) is 35.7 Å². The lowest BCUT2D eigenvalue weighted by atomic mass is 9.95. The van der Waals surface area contributed by atoms with Crippen molar-refractivity contribution in [3.8, 4) is 0 Å². The van der Waals surface area contributed by atoms with Crippen molar-refractivity contribution in [2.45, 2.75) is 69.5 Å². The van der Waals surface area contributed by atoms with Crippen molar-refractivity contribution in [3.63, 3.8) is 0 Å². The minimum absolute atomic E-state index is 0.0371. The maximum Gasteiger partial charge on any atom is 0.241 e. The number of benzene rings is 1. The van der Waals surface area contributed by atoms with Crippen LogP contribution in [0.1, 0.15) is 63.9 Å². The first-order valence-electron chi connectivity index (χ1n) is 10.9. The smallest absolute Gasteiger partial charge is 0.241 e. The van der Waals surface area contributed by atoms with E-state index in [1.54, 1.807) is 24.3 Å². The highest BCUT2D eigenvalue weighted by Gasteiger charge is 2.35. The Hall–Kier alpha value is -2.50. The number of aliphatic imine (C=N–C) groups is 2. The molecule has 1 aliphatic rings. The number of nitrogens with one attached hydrogen (secondary N) is 2. The normalized spacial score (nSPS) is 20.2. The maximum atomic E-state index is 13.0. The Morgan fingerprint density at radius 3 is 2.48 bits per heavy atom. The first kappa shape index (κ1) is 25.1. The molecule has 2 aromatic rings. The van der Waals surface area contributed by atoms with Gasteiger partial charge in [-0.3, -0.25) is 4.79 Å². The summed E-state index contributed by atoms with van der Waals surface area (Å²) in [7, 11) is -3.83. The number of carbonyl (C=O) groups is 1. The highest BCUT2D eigenvalue weighted by atomic mass is 35.5. The molecule has 1 aliphatic heterocycles. The fourth-order valence-corrected chi connectivity index (χ4v) is 5.20. The van der Waals surface area contributed by atoms with Gasteiger partial charge in [-0.1, -0.05) is 62.6 Å². The lowest BCUT2D eigenvalue weighted by molar-refractivity contribution is -0.102. The van der Waals surface area contributed by atoms with E-state index in [1.165, 1.54) is 0 Å². The molecule has 2 N–H and O–H groups in total. The molecule has 3 atom stereocenters. The first-order chi connectivity index (χ1) is 15.7. The number of halogens is 1. The average molecular weight is 494 g/mol. The average Bonchev–Trinajstić information content (AvgIpc) is 3.44. The molecule has 2 heterocycles. The van der Waals surface area contributed by atoms with Crippen molar-refractivity contribution >= 4 is 38.8 Å². The van der Waals surface area contributed by atoms with Crippen LogP contribution in [0.15, 0.2) is 39.1 Å². The van der Waals surface area contributed by atoms with Gasteiger partial charge in [0.1, 0.15) is 5.71 Å². The molecular formula is C21H28ClN7O3S. The topological polar surface area (TPSA) is 142 Å². The van der Waals surface area contributed by atoms with Crippen LogP contribution in [0.5, 0.6) is 0 Å². The van der Waals surface area contributed by atoms with Crippen molar-refractivity contribution in [1.29, 1.82) is 0 Å². The molecule has 0 radical (unpaired) electrons. The molecule has 0 fully saturated rings. The third-order valence-electron chi connectivity index (χ3n) is 5.74. The second-order valence-corrected chi connectivity index (χ2v) is 10.3. The summed E-state index contributed by atoms with van der Waals surface area (Å²) in [5.74, 6) is 0.257. The third kappa shape index (κ3) is 5.90. The summed E-state index contributed by atoms with van der Waals surface area (Å²) in [4.78, 5) is 20.3. The lowest BCUT2D eigenvalue weighted by Gasteiger charge is -2.23. The van der Waals surface area contributed by atoms with Crippen LogP contribution in [0.25, 0.3) is 0 Å². The van der Waals surface area contributed by atoms with Crippen molar-refractivity contribution < 1.29 is 13.2 Å². The summed E-state index contributed by atoms with van der Waals surface area (Å²) in [6, 6.07) is 5.93. The van der Waals surface area contributed by atoms with Crippen LogP contribution in [0.2, 0.25) is 0 Å². The Morgan fingerprint density at radius 1 is 1.21 bits per heavy atom. The summed E-state index contributed by atoms with van der Waals surface area (Å²) in [6.07, 6.45) is 4.20. The number of sulfonamides is 1. The van der Waals surface area contributed by atoms with Gasteiger partial charge in [0.05, 0.1) is 10.9 Å². The molecule has 10 nitrogen and oxygen atoms in total. The van der Waals surface area contributed by atoms with Gasteiger partial charge < -0.3 is 0 Å². The van der Waals surface area contributed by atoms with E-state index in [1.807, 2.05) is 13.8 Å². The molecule has 3 rings (SSSR count). The number of aromatic nitrogens is 4. The third-order valence-corrected chi connectivity index (χ3v) is 7.48. The van der Waals surface area contributed by atoms with Crippen molar-refractivity contribution in [2.24, 2.45) is 15.9 Å². The molecule has 33 heavy (non-hydrogen) atoms. The van der Waals surface area contributed by atoms with E-state index < -0.39 is 21.7 Å². The summed E-state index contributed by atoms with van der Waals surface area (Å²) in [6.45, 7) is 5.95. The Kier molecular flexibility index (Phi) is 8.09. The Bertz CT molecular complexity index is 1120. The van der Waals surface area contributed by atoms with Crippen molar-refractivity contribution in [2.75, 3.05) is 0 Å². The largest absolute Gasteiger partial charge is 0.296 e. The fraction of sp³-hybridized carbons (Fsp3) is 0.524. The number of nitrogens with zero attached hydrogens (tertiary/aromatic N) is 5. The second-order valence-electron chi connectivity index (χ2n) is 8.18. The Morgan fingerprint density at radius 2 is 1.94 bits per heavy atom. The molecule has 0 saturated carbocycles. The van der Waals surface area contributed by atoms with E-state index in [2.05, 4.69) is 42.3 Å². The molecule has 0 amide bonds. The molecule has 12 heteroatoms. The summed E-state index contributed by atoms with van der Waals surface area (Å²) >= 11 is 6.10. The predicted molar refractivity (Wildman–Crippen MR) is 126 cm³/mol. The van der Waals surface area contributed by atoms with E-state index in [-0.39, 0.29) is 21.7 Å². The van der Waals surface area contributed by atoms with Gasteiger partial charge in [-0.15, -0.1) is 10.2 Å². The predicted octanol–water partition coefficient (Wildman–Crippen LogP) is 2.99. The zero-order valence-corrected chi connectivity index (χ0v) is 20.4.